The maximum Gasteiger partial charge on any atom is 0.240 e. The van der Waals surface area contributed by atoms with Crippen LogP contribution in [0.15, 0.2) is 28.8 Å². The van der Waals surface area contributed by atoms with Crippen molar-refractivity contribution in [1.29, 1.82) is 0 Å². The molecule has 2 aromatic rings. The average molecular weight is 312 g/mol. The molecule has 2 aliphatic carbocycles. The van der Waals surface area contributed by atoms with Crippen molar-refractivity contribution in [3.05, 3.63) is 47.1 Å². The Morgan fingerprint density at radius 2 is 2.00 bits per heavy atom. The van der Waals surface area contributed by atoms with Crippen LogP contribution in [0, 0.1) is 6.92 Å². The van der Waals surface area contributed by atoms with Crippen molar-refractivity contribution in [1.82, 2.24) is 15.0 Å². The lowest BCUT2D eigenvalue weighted by atomic mass is 9.73. The number of aryl methyl sites for hydroxylation is 1. The van der Waals surface area contributed by atoms with E-state index in [0.29, 0.717) is 30.4 Å². The highest BCUT2D eigenvalue weighted by atomic mass is 16.5. The largest absolute Gasteiger partial charge is 0.338 e. The van der Waals surface area contributed by atoms with Gasteiger partial charge in [-0.15, -0.1) is 0 Å². The number of hydrogen-bond acceptors (Lipinski definition) is 5. The summed E-state index contributed by atoms with van der Waals surface area (Å²) >= 11 is 0. The number of nitrogens with zero attached hydrogens (tertiary/aromatic N) is 3. The van der Waals surface area contributed by atoms with Crippen LogP contribution in [0.5, 0.6) is 0 Å². The smallest absolute Gasteiger partial charge is 0.240 e. The molecule has 0 unspecified atom stereocenters. The third-order valence-corrected chi connectivity index (χ3v) is 5.24. The van der Waals surface area contributed by atoms with Crippen molar-refractivity contribution in [2.45, 2.75) is 63.7 Å². The minimum Gasteiger partial charge on any atom is -0.338 e. The van der Waals surface area contributed by atoms with E-state index in [2.05, 4.69) is 46.2 Å². The minimum atomic E-state index is 0.315. The SMILES string of the molecule is Cc1ccccc1C1CC(N(Cc2noc(CN)n2)C2CC2)C1. The molecule has 0 saturated heterocycles. The fraction of sp³-hybridized carbons (Fsp3) is 0.556. The van der Waals surface area contributed by atoms with E-state index < -0.39 is 0 Å². The Morgan fingerprint density at radius 1 is 1.22 bits per heavy atom. The highest BCUT2D eigenvalue weighted by Gasteiger charge is 2.41. The molecular formula is C18H24N4O. The summed E-state index contributed by atoms with van der Waals surface area (Å²) in [6.07, 6.45) is 5.08. The van der Waals surface area contributed by atoms with Crippen LogP contribution in [0.3, 0.4) is 0 Å². The van der Waals surface area contributed by atoms with E-state index in [9.17, 15) is 0 Å². The maximum absolute atomic E-state index is 5.55. The molecule has 2 aliphatic rings. The lowest BCUT2D eigenvalue weighted by Gasteiger charge is -2.43. The van der Waals surface area contributed by atoms with E-state index in [1.165, 1.54) is 36.8 Å². The summed E-state index contributed by atoms with van der Waals surface area (Å²) in [5.74, 6) is 2.01. The van der Waals surface area contributed by atoms with Gasteiger partial charge in [0.05, 0.1) is 13.1 Å². The molecule has 1 aromatic carbocycles. The summed E-state index contributed by atoms with van der Waals surface area (Å²) in [7, 11) is 0. The van der Waals surface area contributed by atoms with Crippen LogP contribution in [0.2, 0.25) is 0 Å². The lowest BCUT2D eigenvalue weighted by Crippen LogP contribution is -2.45. The van der Waals surface area contributed by atoms with Gasteiger partial charge in [-0.05, 0) is 49.7 Å². The summed E-state index contributed by atoms with van der Waals surface area (Å²) in [6.45, 7) is 3.32. The molecule has 1 aromatic heterocycles. The van der Waals surface area contributed by atoms with Gasteiger partial charge < -0.3 is 10.3 Å². The molecule has 0 radical (unpaired) electrons. The fourth-order valence-corrected chi connectivity index (χ4v) is 3.72. The van der Waals surface area contributed by atoms with Crippen LogP contribution in [-0.2, 0) is 13.1 Å². The third-order valence-electron chi connectivity index (χ3n) is 5.24. The van der Waals surface area contributed by atoms with Gasteiger partial charge in [-0.1, -0.05) is 29.4 Å². The molecular weight excluding hydrogens is 288 g/mol. The highest BCUT2D eigenvalue weighted by molar-refractivity contribution is 5.31. The Morgan fingerprint density at radius 3 is 2.65 bits per heavy atom. The zero-order valence-electron chi connectivity index (χ0n) is 13.6. The molecule has 0 amide bonds. The fourth-order valence-electron chi connectivity index (χ4n) is 3.72. The molecule has 5 heteroatoms. The van der Waals surface area contributed by atoms with Gasteiger partial charge in [0.2, 0.25) is 5.89 Å². The van der Waals surface area contributed by atoms with Crippen LogP contribution in [0.4, 0.5) is 0 Å². The number of hydrogen-bond donors (Lipinski definition) is 1. The second-order valence-corrected chi connectivity index (χ2v) is 6.89. The quantitative estimate of drug-likeness (QED) is 0.888. The van der Waals surface area contributed by atoms with Gasteiger partial charge in [0.25, 0.3) is 0 Å². The van der Waals surface area contributed by atoms with Crippen molar-refractivity contribution < 1.29 is 4.52 Å². The average Bonchev–Trinajstić information content (AvgIpc) is 3.26. The first-order chi connectivity index (χ1) is 11.2. The number of benzene rings is 1. The third kappa shape index (κ3) is 3.03. The van der Waals surface area contributed by atoms with Crippen LogP contribution >= 0.6 is 0 Å². The summed E-state index contributed by atoms with van der Waals surface area (Å²) in [5, 5.41) is 4.06. The van der Waals surface area contributed by atoms with E-state index in [0.717, 1.165) is 12.4 Å². The second kappa shape index (κ2) is 6.06. The predicted molar refractivity (Wildman–Crippen MR) is 87.7 cm³/mol. The first-order valence-electron chi connectivity index (χ1n) is 8.57. The Bertz CT molecular complexity index is 673. The molecule has 2 N–H and O–H groups in total. The van der Waals surface area contributed by atoms with Crippen LogP contribution in [0.25, 0.3) is 0 Å². The Labute approximate surface area is 136 Å². The number of rotatable bonds is 6. The topological polar surface area (TPSA) is 68.2 Å². The molecule has 5 nitrogen and oxygen atoms in total. The number of nitrogens with two attached hydrogens (primary N) is 1. The maximum atomic E-state index is 5.55. The van der Waals surface area contributed by atoms with Gasteiger partial charge in [-0.25, -0.2) is 0 Å². The highest BCUT2D eigenvalue weighted by Crippen LogP contribution is 2.44. The molecule has 0 aliphatic heterocycles. The Kier molecular flexibility index (Phi) is 3.91. The molecule has 0 spiro atoms. The molecule has 122 valence electrons. The monoisotopic (exact) mass is 312 g/mol. The van der Waals surface area contributed by atoms with Crippen LogP contribution < -0.4 is 5.73 Å². The summed E-state index contributed by atoms with van der Waals surface area (Å²) in [5.41, 5.74) is 8.48. The van der Waals surface area contributed by atoms with Crippen molar-refractivity contribution >= 4 is 0 Å². The van der Waals surface area contributed by atoms with Gasteiger partial charge in [0.15, 0.2) is 5.82 Å². The molecule has 1 heterocycles. The van der Waals surface area contributed by atoms with Crippen LogP contribution in [-0.4, -0.2) is 27.1 Å². The van der Waals surface area contributed by atoms with Crippen molar-refractivity contribution in [3.8, 4) is 0 Å². The van der Waals surface area contributed by atoms with Crippen molar-refractivity contribution in [3.63, 3.8) is 0 Å². The molecule has 0 bridgehead atoms. The van der Waals surface area contributed by atoms with E-state index >= 15 is 0 Å². The van der Waals surface area contributed by atoms with E-state index in [-0.39, 0.29) is 0 Å². The second-order valence-electron chi connectivity index (χ2n) is 6.89. The lowest BCUT2D eigenvalue weighted by molar-refractivity contribution is 0.0893. The van der Waals surface area contributed by atoms with E-state index in [4.69, 9.17) is 10.3 Å². The molecule has 2 saturated carbocycles. The molecule has 0 atom stereocenters. The Hall–Kier alpha value is -1.72. The van der Waals surface area contributed by atoms with Crippen molar-refractivity contribution in [2.75, 3.05) is 0 Å². The molecule has 23 heavy (non-hydrogen) atoms. The van der Waals surface area contributed by atoms with Gasteiger partial charge >= 0.3 is 0 Å². The summed E-state index contributed by atoms with van der Waals surface area (Å²) < 4.78 is 5.14. The Balaban J connectivity index is 1.41. The normalized spacial score (nSPS) is 24.0. The van der Waals surface area contributed by atoms with Crippen LogP contribution in [0.1, 0.15) is 54.4 Å². The summed E-state index contributed by atoms with van der Waals surface area (Å²) in [4.78, 5) is 6.95. The zero-order chi connectivity index (χ0) is 15.8. The first kappa shape index (κ1) is 14.8. The molecule has 4 rings (SSSR count). The zero-order valence-corrected chi connectivity index (χ0v) is 13.6. The predicted octanol–water partition coefficient (Wildman–Crippen LogP) is 2.75. The first-order valence-corrected chi connectivity index (χ1v) is 8.57. The molecule has 2 fully saturated rings. The minimum absolute atomic E-state index is 0.315. The van der Waals surface area contributed by atoms with Gasteiger partial charge in [0, 0.05) is 12.1 Å². The van der Waals surface area contributed by atoms with E-state index in [1.54, 1.807) is 0 Å². The van der Waals surface area contributed by atoms with Crippen molar-refractivity contribution in [2.24, 2.45) is 5.73 Å². The number of aromatic nitrogens is 2. The standard InChI is InChI=1S/C18H24N4O/c1-12-4-2-3-5-16(12)13-8-15(9-13)22(14-6-7-14)11-17-20-18(10-19)23-21-17/h2-5,13-15H,6-11,19H2,1H3. The van der Waals surface area contributed by atoms with Gasteiger partial charge in [-0.3, -0.25) is 4.90 Å². The summed E-state index contributed by atoms with van der Waals surface area (Å²) in [6, 6.07) is 10.1. The van der Waals surface area contributed by atoms with Gasteiger partial charge in [0.1, 0.15) is 0 Å². The van der Waals surface area contributed by atoms with Gasteiger partial charge in [-0.2, -0.15) is 4.98 Å². The van der Waals surface area contributed by atoms with E-state index in [1.807, 2.05) is 0 Å².